The lowest BCUT2D eigenvalue weighted by atomic mass is 9.95. The smallest absolute Gasteiger partial charge is 0.342 e. The number of pyridine rings is 1. The predicted octanol–water partition coefficient (Wildman–Crippen LogP) is 2.59. The van der Waals surface area contributed by atoms with Gasteiger partial charge in [-0.05, 0) is 24.1 Å². The zero-order chi connectivity index (χ0) is 19.3. The second kappa shape index (κ2) is 8.19. The summed E-state index contributed by atoms with van der Waals surface area (Å²) in [6.45, 7) is 2.63. The van der Waals surface area contributed by atoms with Gasteiger partial charge in [0.15, 0.2) is 0 Å². The van der Waals surface area contributed by atoms with Crippen LogP contribution in [0, 0.1) is 0 Å². The number of hydrogen-bond donors (Lipinski definition) is 4. The molecule has 0 atom stereocenters. The third kappa shape index (κ3) is 4.02. The van der Waals surface area contributed by atoms with Crippen LogP contribution in [0.15, 0.2) is 29.1 Å². The van der Waals surface area contributed by atoms with E-state index in [9.17, 15) is 24.6 Å². The lowest BCUT2D eigenvalue weighted by Crippen LogP contribution is -2.24. The molecule has 2 aromatic rings. The molecule has 0 radical (unpaired) electrons. The van der Waals surface area contributed by atoms with Gasteiger partial charge in [-0.15, -0.1) is 0 Å². The van der Waals surface area contributed by atoms with Crippen LogP contribution in [-0.4, -0.2) is 33.7 Å². The number of hydrogen-bond acceptors (Lipinski definition) is 5. The van der Waals surface area contributed by atoms with Crippen molar-refractivity contribution in [3.8, 4) is 16.9 Å². The molecule has 1 aromatic carbocycles. The van der Waals surface area contributed by atoms with E-state index in [1.165, 1.54) is 12.1 Å². The Labute approximate surface area is 149 Å². The first-order valence-electron chi connectivity index (χ1n) is 8.12. The second-order valence-corrected chi connectivity index (χ2v) is 5.68. The van der Waals surface area contributed by atoms with Gasteiger partial charge in [-0.25, -0.2) is 9.59 Å². The lowest BCUT2D eigenvalue weighted by Gasteiger charge is -2.13. The van der Waals surface area contributed by atoms with Gasteiger partial charge >= 0.3 is 11.9 Å². The van der Waals surface area contributed by atoms with Gasteiger partial charge in [-0.1, -0.05) is 31.9 Å². The number of aromatic amines is 1. The molecule has 138 valence electrons. The molecule has 2 rings (SSSR count). The Kier molecular flexibility index (Phi) is 6.00. The zero-order valence-corrected chi connectivity index (χ0v) is 14.2. The number of carboxylic acids is 2. The van der Waals surface area contributed by atoms with Gasteiger partial charge in [-0.2, -0.15) is 0 Å². The molecule has 0 aliphatic carbocycles. The van der Waals surface area contributed by atoms with E-state index >= 15 is 0 Å². The van der Waals surface area contributed by atoms with Gasteiger partial charge < -0.3 is 25.7 Å². The van der Waals surface area contributed by atoms with E-state index in [0.29, 0.717) is 12.4 Å². The third-order valence-electron chi connectivity index (χ3n) is 3.83. The number of H-pyrrole nitrogens is 1. The molecule has 0 saturated carbocycles. The second-order valence-electron chi connectivity index (χ2n) is 5.68. The van der Waals surface area contributed by atoms with E-state index in [0.717, 1.165) is 19.3 Å². The molecule has 0 aliphatic rings. The number of aromatic carboxylic acids is 2. The molecule has 1 heterocycles. The summed E-state index contributed by atoms with van der Waals surface area (Å²) in [5, 5.41) is 18.8. The Hall–Kier alpha value is -3.29. The number of benzene rings is 1. The zero-order valence-electron chi connectivity index (χ0n) is 14.2. The SMILES string of the molecule is CCCCCOc1ccc(-c2c(C(=O)O)c(N)[nH]c(=O)c2C(=O)O)cc1. The normalized spacial score (nSPS) is 10.5. The van der Waals surface area contributed by atoms with Crippen LogP contribution in [0.5, 0.6) is 5.75 Å². The Morgan fingerprint density at radius 1 is 1.08 bits per heavy atom. The highest BCUT2D eigenvalue weighted by molar-refractivity contribution is 6.07. The van der Waals surface area contributed by atoms with Crippen LogP contribution in [0.4, 0.5) is 5.82 Å². The highest BCUT2D eigenvalue weighted by atomic mass is 16.5. The molecule has 26 heavy (non-hydrogen) atoms. The number of aromatic nitrogens is 1. The quantitative estimate of drug-likeness (QED) is 0.530. The number of nitrogens with two attached hydrogens (primary N) is 1. The van der Waals surface area contributed by atoms with Crippen LogP contribution in [0.1, 0.15) is 46.9 Å². The number of rotatable bonds is 8. The number of unbranched alkanes of at least 4 members (excludes halogenated alkanes) is 2. The molecule has 0 spiro atoms. The van der Waals surface area contributed by atoms with Crippen molar-refractivity contribution in [3.63, 3.8) is 0 Å². The van der Waals surface area contributed by atoms with Crippen LogP contribution in [0.25, 0.3) is 11.1 Å². The lowest BCUT2D eigenvalue weighted by molar-refractivity contribution is 0.0695. The van der Waals surface area contributed by atoms with Crippen LogP contribution in [-0.2, 0) is 0 Å². The van der Waals surface area contributed by atoms with E-state index in [1.54, 1.807) is 12.1 Å². The molecule has 0 amide bonds. The average molecular weight is 360 g/mol. The fourth-order valence-corrected chi connectivity index (χ4v) is 2.60. The fourth-order valence-electron chi connectivity index (χ4n) is 2.60. The Bertz CT molecular complexity index is 870. The molecule has 1 aromatic heterocycles. The number of carboxylic acid groups (broad SMARTS) is 2. The van der Waals surface area contributed by atoms with Gasteiger partial charge in [0.1, 0.15) is 22.7 Å². The van der Waals surface area contributed by atoms with E-state index in [4.69, 9.17) is 10.5 Å². The molecule has 0 bridgehead atoms. The van der Waals surface area contributed by atoms with Crippen molar-refractivity contribution in [1.82, 2.24) is 4.98 Å². The van der Waals surface area contributed by atoms with Gasteiger partial charge in [0.2, 0.25) is 0 Å². The Morgan fingerprint density at radius 3 is 2.23 bits per heavy atom. The standard InChI is InChI=1S/C18H20N2O6/c1-2-3-4-9-26-11-7-5-10(6-8-11)12-13(17(22)23)15(19)20-16(21)14(12)18(24)25/h5-8H,2-4,9H2,1H3,(H,22,23)(H,24,25)(H3,19,20,21). The molecule has 8 heteroatoms. The summed E-state index contributed by atoms with van der Waals surface area (Å²) in [7, 11) is 0. The van der Waals surface area contributed by atoms with Gasteiger partial charge in [0, 0.05) is 5.56 Å². The molecular weight excluding hydrogens is 340 g/mol. The maximum absolute atomic E-state index is 12.0. The Balaban J connectivity index is 2.48. The highest BCUT2D eigenvalue weighted by Gasteiger charge is 2.26. The van der Waals surface area contributed by atoms with Crippen LogP contribution in [0.2, 0.25) is 0 Å². The molecular formula is C18H20N2O6. The summed E-state index contributed by atoms with van der Waals surface area (Å²) in [6, 6.07) is 6.19. The maximum atomic E-state index is 12.0. The van der Waals surface area contributed by atoms with Crippen molar-refractivity contribution in [2.45, 2.75) is 26.2 Å². The van der Waals surface area contributed by atoms with Crippen molar-refractivity contribution in [1.29, 1.82) is 0 Å². The van der Waals surface area contributed by atoms with Gasteiger partial charge in [0.25, 0.3) is 5.56 Å². The summed E-state index contributed by atoms with van der Waals surface area (Å²) in [5.41, 5.74) is 3.52. The highest BCUT2D eigenvalue weighted by Crippen LogP contribution is 2.30. The summed E-state index contributed by atoms with van der Waals surface area (Å²) in [4.78, 5) is 37.1. The van der Waals surface area contributed by atoms with Crippen molar-refractivity contribution in [2.75, 3.05) is 12.3 Å². The number of nitrogen functional groups attached to an aromatic ring is 1. The number of ether oxygens (including phenoxy) is 1. The molecule has 0 aliphatic heterocycles. The van der Waals surface area contributed by atoms with Crippen LogP contribution in [0.3, 0.4) is 0 Å². The predicted molar refractivity (Wildman–Crippen MR) is 95.8 cm³/mol. The van der Waals surface area contributed by atoms with Crippen molar-refractivity contribution >= 4 is 17.8 Å². The van der Waals surface area contributed by atoms with Crippen molar-refractivity contribution in [2.24, 2.45) is 0 Å². The first kappa shape index (κ1) is 19.0. The maximum Gasteiger partial charge on any atom is 0.342 e. The average Bonchev–Trinajstić information content (AvgIpc) is 2.57. The molecule has 0 saturated heterocycles. The monoisotopic (exact) mass is 360 g/mol. The van der Waals surface area contributed by atoms with E-state index in [2.05, 4.69) is 11.9 Å². The van der Waals surface area contributed by atoms with Crippen LogP contribution < -0.4 is 16.0 Å². The first-order chi connectivity index (χ1) is 12.4. The first-order valence-corrected chi connectivity index (χ1v) is 8.12. The Morgan fingerprint density at radius 2 is 1.69 bits per heavy atom. The molecule has 5 N–H and O–H groups in total. The summed E-state index contributed by atoms with van der Waals surface area (Å²) < 4.78 is 5.58. The van der Waals surface area contributed by atoms with E-state index in [1.807, 2.05) is 0 Å². The molecule has 0 fully saturated rings. The van der Waals surface area contributed by atoms with Crippen molar-refractivity contribution < 1.29 is 24.5 Å². The largest absolute Gasteiger partial charge is 0.494 e. The number of anilines is 1. The van der Waals surface area contributed by atoms with Gasteiger partial charge in [-0.3, -0.25) is 4.79 Å². The topological polar surface area (TPSA) is 143 Å². The molecule has 0 unspecified atom stereocenters. The minimum atomic E-state index is -1.54. The van der Waals surface area contributed by atoms with Crippen LogP contribution >= 0.6 is 0 Å². The summed E-state index contributed by atoms with van der Waals surface area (Å²) >= 11 is 0. The minimum absolute atomic E-state index is 0.233. The van der Waals surface area contributed by atoms with Gasteiger partial charge in [0.05, 0.1) is 6.61 Å². The number of carbonyl (C=O) groups is 2. The number of nitrogens with one attached hydrogen (secondary N) is 1. The molecule has 8 nitrogen and oxygen atoms in total. The fraction of sp³-hybridized carbons (Fsp3) is 0.278. The van der Waals surface area contributed by atoms with E-state index < -0.39 is 34.4 Å². The summed E-state index contributed by atoms with van der Waals surface area (Å²) in [5.74, 6) is -2.81. The van der Waals surface area contributed by atoms with Crippen molar-refractivity contribution in [3.05, 3.63) is 45.7 Å². The summed E-state index contributed by atoms with van der Waals surface area (Å²) in [6.07, 6.45) is 3.03. The van der Waals surface area contributed by atoms with E-state index in [-0.39, 0.29) is 11.1 Å². The third-order valence-corrected chi connectivity index (χ3v) is 3.83. The minimum Gasteiger partial charge on any atom is -0.494 e.